The Morgan fingerprint density at radius 3 is 3.08 bits per heavy atom. The van der Waals surface area contributed by atoms with Crippen molar-refractivity contribution in [3.63, 3.8) is 0 Å². The maximum atomic E-state index is 12.0. The topological polar surface area (TPSA) is 42.4 Å². The molecular formula is C8H10FNO2. The predicted molar refractivity (Wildman–Crippen MR) is 41.7 cm³/mol. The molecule has 4 heteroatoms. The molecule has 12 heavy (non-hydrogen) atoms. The maximum absolute atomic E-state index is 12.0. The number of methoxy groups -OCH3 is 1. The number of aliphatic hydroxyl groups is 1. The minimum absolute atomic E-state index is 0.289. The monoisotopic (exact) mass is 171 g/mol. The standard InChI is InChI=1S/C8H10FNO2/c1-12-6-2-3-10-7(4-6)8(11)5-9/h2-4,8,11H,5H2,1H3. The molecule has 0 spiro atoms. The smallest absolute Gasteiger partial charge is 0.124 e. The fourth-order valence-electron chi connectivity index (χ4n) is 0.816. The van der Waals surface area contributed by atoms with Crippen LogP contribution in [0.5, 0.6) is 5.75 Å². The van der Waals surface area contributed by atoms with Gasteiger partial charge in [0.05, 0.1) is 12.8 Å². The van der Waals surface area contributed by atoms with Gasteiger partial charge in [0, 0.05) is 12.3 Å². The van der Waals surface area contributed by atoms with Gasteiger partial charge in [-0.1, -0.05) is 0 Å². The molecule has 1 N–H and O–H groups in total. The van der Waals surface area contributed by atoms with E-state index in [0.717, 1.165) is 0 Å². The summed E-state index contributed by atoms with van der Waals surface area (Å²) in [4.78, 5) is 3.79. The molecule has 0 aromatic carbocycles. The molecule has 0 saturated carbocycles. The summed E-state index contributed by atoms with van der Waals surface area (Å²) in [6.45, 7) is -0.833. The Morgan fingerprint density at radius 1 is 1.75 bits per heavy atom. The van der Waals surface area contributed by atoms with E-state index < -0.39 is 12.8 Å². The van der Waals surface area contributed by atoms with Crippen molar-refractivity contribution in [2.24, 2.45) is 0 Å². The molecule has 1 aromatic heterocycles. The molecule has 0 aliphatic carbocycles. The predicted octanol–water partition coefficient (Wildman–Crippen LogP) is 1.09. The average molecular weight is 171 g/mol. The third-order valence-electron chi connectivity index (χ3n) is 1.48. The summed E-state index contributed by atoms with van der Waals surface area (Å²) in [6.07, 6.45) is 0.313. The third kappa shape index (κ3) is 1.92. The molecule has 0 saturated heterocycles. The molecular weight excluding hydrogens is 161 g/mol. The Hall–Kier alpha value is -1.16. The lowest BCUT2D eigenvalue weighted by Crippen LogP contribution is -2.02. The minimum atomic E-state index is -1.15. The van der Waals surface area contributed by atoms with Crippen LogP contribution in [0, 0.1) is 0 Å². The van der Waals surface area contributed by atoms with E-state index in [1.165, 1.54) is 19.4 Å². The van der Waals surface area contributed by atoms with Crippen molar-refractivity contribution in [2.75, 3.05) is 13.8 Å². The zero-order valence-corrected chi connectivity index (χ0v) is 6.70. The minimum Gasteiger partial charge on any atom is -0.497 e. The highest BCUT2D eigenvalue weighted by molar-refractivity contribution is 5.23. The van der Waals surface area contributed by atoms with E-state index in [2.05, 4.69) is 4.98 Å². The molecule has 1 rings (SSSR count). The number of halogens is 1. The Morgan fingerprint density at radius 2 is 2.50 bits per heavy atom. The molecule has 66 valence electrons. The van der Waals surface area contributed by atoms with Crippen LogP contribution in [0.25, 0.3) is 0 Å². The lowest BCUT2D eigenvalue weighted by molar-refractivity contribution is 0.137. The second-order valence-electron chi connectivity index (χ2n) is 2.29. The maximum Gasteiger partial charge on any atom is 0.124 e. The number of aliphatic hydroxyl groups excluding tert-OH is 1. The molecule has 0 fully saturated rings. The van der Waals surface area contributed by atoms with Crippen LogP contribution in [0.15, 0.2) is 18.3 Å². The number of ether oxygens (including phenoxy) is 1. The highest BCUT2D eigenvalue weighted by Gasteiger charge is 2.08. The van der Waals surface area contributed by atoms with Crippen LogP contribution in [-0.2, 0) is 0 Å². The molecule has 1 atom stereocenters. The van der Waals surface area contributed by atoms with E-state index in [1.807, 2.05) is 0 Å². The molecule has 0 amide bonds. The first-order chi connectivity index (χ1) is 5.77. The third-order valence-corrected chi connectivity index (χ3v) is 1.48. The highest BCUT2D eigenvalue weighted by Crippen LogP contribution is 2.16. The van der Waals surface area contributed by atoms with E-state index in [9.17, 15) is 4.39 Å². The average Bonchev–Trinajstić information content (AvgIpc) is 2.17. The van der Waals surface area contributed by atoms with Crippen LogP contribution in [0.2, 0.25) is 0 Å². The van der Waals surface area contributed by atoms with Crippen molar-refractivity contribution in [1.29, 1.82) is 0 Å². The van der Waals surface area contributed by atoms with Gasteiger partial charge in [-0.2, -0.15) is 0 Å². The summed E-state index contributed by atoms with van der Waals surface area (Å²) in [5.74, 6) is 0.563. The number of aromatic nitrogens is 1. The van der Waals surface area contributed by atoms with Gasteiger partial charge < -0.3 is 9.84 Å². The summed E-state index contributed by atoms with van der Waals surface area (Å²) in [7, 11) is 1.50. The lowest BCUT2D eigenvalue weighted by atomic mass is 10.2. The summed E-state index contributed by atoms with van der Waals surface area (Å²) in [5, 5.41) is 9.06. The van der Waals surface area contributed by atoms with Crippen LogP contribution in [0.4, 0.5) is 4.39 Å². The van der Waals surface area contributed by atoms with E-state index in [0.29, 0.717) is 5.75 Å². The van der Waals surface area contributed by atoms with E-state index in [-0.39, 0.29) is 5.69 Å². The Kier molecular flexibility index (Phi) is 2.99. The molecule has 0 aliphatic heterocycles. The van der Waals surface area contributed by atoms with Gasteiger partial charge in [-0.3, -0.25) is 4.98 Å². The van der Waals surface area contributed by atoms with Crippen LogP contribution >= 0.6 is 0 Å². The van der Waals surface area contributed by atoms with Crippen molar-refractivity contribution >= 4 is 0 Å². The number of alkyl halides is 1. The van der Waals surface area contributed by atoms with Gasteiger partial charge in [-0.05, 0) is 6.07 Å². The molecule has 0 bridgehead atoms. The van der Waals surface area contributed by atoms with Gasteiger partial charge in [0.15, 0.2) is 0 Å². The first-order valence-corrected chi connectivity index (χ1v) is 3.52. The number of rotatable bonds is 3. The van der Waals surface area contributed by atoms with Gasteiger partial charge in [-0.25, -0.2) is 4.39 Å². The second-order valence-corrected chi connectivity index (χ2v) is 2.29. The van der Waals surface area contributed by atoms with Gasteiger partial charge in [0.1, 0.15) is 18.5 Å². The van der Waals surface area contributed by atoms with E-state index >= 15 is 0 Å². The first kappa shape index (κ1) is 8.93. The summed E-state index contributed by atoms with van der Waals surface area (Å²) in [6, 6.07) is 3.14. The molecule has 1 heterocycles. The highest BCUT2D eigenvalue weighted by atomic mass is 19.1. The second kappa shape index (κ2) is 4.01. The SMILES string of the molecule is COc1ccnc(C(O)CF)c1. The first-order valence-electron chi connectivity index (χ1n) is 3.52. The summed E-state index contributed by atoms with van der Waals surface area (Å²) >= 11 is 0. The normalized spacial score (nSPS) is 12.6. The molecule has 1 unspecified atom stereocenters. The molecule has 0 radical (unpaired) electrons. The van der Waals surface area contributed by atoms with Crippen molar-refractivity contribution in [2.45, 2.75) is 6.10 Å². The van der Waals surface area contributed by atoms with Gasteiger partial charge in [-0.15, -0.1) is 0 Å². The van der Waals surface area contributed by atoms with Crippen LogP contribution in [-0.4, -0.2) is 23.9 Å². The number of pyridine rings is 1. The quantitative estimate of drug-likeness (QED) is 0.740. The van der Waals surface area contributed by atoms with E-state index in [4.69, 9.17) is 9.84 Å². The molecule has 3 nitrogen and oxygen atoms in total. The van der Waals surface area contributed by atoms with Crippen LogP contribution in [0.1, 0.15) is 11.8 Å². The Labute approximate surface area is 69.8 Å². The van der Waals surface area contributed by atoms with Gasteiger partial charge >= 0.3 is 0 Å². The summed E-state index contributed by atoms with van der Waals surface area (Å²) in [5.41, 5.74) is 0.289. The van der Waals surface area contributed by atoms with Gasteiger partial charge in [0.25, 0.3) is 0 Å². The van der Waals surface area contributed by atoms with Crippen LogP contribution in [0.3, 0.4) is 0 Å². The van der Waals surface area contributed by atoms with Crippen molar-refractivity contribution in [3.8, 4) is 5.75 Å². The zero-order valence-electron chi connectivity index (χ0n) is 6.70. The fraction of sp³-hybridized carbons (Fsp3) is 0.375. The van der Waals surface area contributed by atoms with Gasteiger partial charge in [0.2, 0.25) is 0 Å². The van der Waals surface area contributed by atoms with Crippen LogP contribution < -0.4 is 4.74 Å². The molecule has 0 aliphatic rings. The number of hydrogen-bond donors (Lipinski definition) is 1. The summed E-state index contributed by atoms with van der Waals surface area (Å²) < 4.78 is 16.9. The number of nitrogens with zero attached hydrogens (tertiary/aromatic N) is 1. The van der Waals surface area contributed by atoms with Crippen molar-refractivity contribution in [1.82, 2.24) is 4.98 Å². The largest absolute Gasteiger partial charge is 0.497 e. The van der Waals surface area contributed by atoms with Crippen molar-refractivity contribution in [3.05, 3.63) is 24.0 Å². The van der Waals surface area contributed by atoms with Crippen molar-refractivity contribution < 1.29 is 14.2 Å². The number of hydrogen-bond acceptors (Lipinski definition) is 3. The Bertz CT molecular complexity index is 255. The zero-order chi connectivity index (χ0) is 8.97. The fourth-order valence-corrected chi connectivity index (χ4v) is 0.816. The lowest BCUT2D eigenvalue weighted by Gasteiger charge is -2.06. The van der Waals surface area contributed by atoms with E-state index in [1.54, 1.807) is 6.07 Å². The Balaban J connectivity index is 2.86. The molecule has 1 aromatic rings.